The summed E-state index contributed by atoms with van der Waals surface area (Å²) in [5.74, 6) is -1.26. The van der Waals surface area contributed by atoms with Crippen molar-refractivity contribution in [1.82, 2.24) is 9.80 Å². The first-order chi connectivity index (χ1) is 17.0. The first-order valence-corrected chi connectivity index (χ1v) is 11.5. The van der Waals surface area contributed by atoms with Crippen molar-refractivity contribution < 1.29 is 37.2 Å². The summed E-state index contributed by atoms with van der Waals surface area (Å²) in [4.78, 5) is 50.3. The zero-order valence-corrected chi connectivity index (χ0v) is 19.3. The molecule has 0 unspecified atom stereocenters. The third-order valence-electron chi connectivity index (χ3n) is 5.49. The monoisotopic (exact) mass is 521 g/mol. The van der Waals surface area contributed by atoms with Gasteiger partial charge in [0.1, 0.15) is 12.3 Å². The Hall–Kier alpha value is -3.87. The van der Waals surface area contributed by atoms with E-state index in [-0.39, 0.29) is 23.1 Å². The highest BCUT2D eigenvalue weighted by molar-refractivity contribution is 8.18. The van der Waals surface area contributed by atoms with Crippen molar-refractivity contribution in [2.75, 3.05) is 19.6 Å². The minimum atomic E-state index is -4.76. The Balaban J connectivity index is 1.52. The fourth-order valence-electron chi connectivity index (χ4n) is 3.71. The third kappa shape index (κ3) is 5.51. The van der Waals surface area contributed by atoms with Crippen LogP contribution in [0.2, 0.25) is 0 Å². The Morgan fingerprint density at radius 2 is 1.86 bits per heavy atom. The minimum Gasteiger partial charge on any atom is -0.450 e. The number of imide groups is 1. The molecule has 0 spiro atoms. The van der Waals surface area contributed by atoms with Gasteiger partial charge >= 0.3 is 11.9 Å². The average molecular weight is 521 g/mol. The van der Waals surface area contributed by atoms with Gasteiger partial charge in [-0.05, 0) is 60.5 Å². The lowest BCUT2D eigenvalue weighted by atomic mass is 10.1. The van der Waals surface area contributed by atoms with E-state index >= 15 is 0 Å². The number of alkyl halides is 3. The Bertz CT molecular complexity index is 1270. The van der Waals surface area contributed by atoms with Crippen LogP contribution in [-0.2, 0) is 15.8 Å². The van der Waals surface area contributed by atoms with Crippen molar-refractivity contribution in [3.63, 3.8) is 0 Å². The second-order valence-corrected chi connectivity index (χ2v) is 8.96. The van der Waals surface area contributed by atoms with Crippen LogP contribution in [0.15, 0.2) is 47.4 Å². The smallest absolute Gasteiger partial charge is 0.416 e. The van der Waals surface area contributed by atoms with Gasteiger partial charge in [-0.25, -0.2) is 0 Å². The molecule has 0 atom stereocenters. The molecule has 188 valence electrons. The summed E-state index contributed by atoms with van der Waals surface area (Å²) in [6.07, 6.45) is -1.60. The van der Waals surface area contributed by atoms with Crippen LogP contribution in [-0.4, -0.2) is 51.4 Å². The van der Waals surface area contributed by atoms with E-state index < -0.39 is 39.2 Å². The van der Waals surface area contributed by atoms with E-state index in [4.69, 9.17) is 4.74 Å². The lowest BCUT2D eigenvalue weighted by Gasteiger charge is -2.18. The summed E-state index contributed by atoms with van der Waals surface area (Å²) in [7, 11) is 0. The molecule has 2 fully saturated rings. The molecule has 0 radical (unpaired) electrons. The number of carbonyl (C=O) groups excluding carboxylic acids is 3. The van der Waals surface area contributed by atoms with E-state index in [1.54, 1.807) is 11.0 Å². The molecular formula is C23H18F3N3O6S. The summed E-state index contributed by atoms with van der Waals surface area (Å²) in [6.45, 7) is 0.840. The highest BCUT2D eigenvalue weighted by atomic mass is 32.2. The first kappa shape index (κ1) is 25.2. The first-order valence-electron chi connectivity index (χ1n) is 10.7. The summed E-state index contributed by atoms with van der Waals surface area (Å²) in [5, 5.41) is 10.7. The van der Waals surface area contributed by atoms with E-state index in [0.717, 1.165) is 23.8 Å². The molecule has 13 heteroatoms. The number of thioether (sulfide) groups is 1. The van der Waals surface area contributed by atoms with Crippen molar-refractivity contribution in [3.05, 3.63) is 68.6 Å². The van der Waals surface area contributed by atoms with E-state index in [1.165, 1.54) is 24.3 Å². The molecule has 0 saturated carbocycles. The second-order valence-electron chi connectivity index (χ2n) is 7.97. The summed E-state index contributed by atoms with van der Waals surface area (Å²) in [5.41, 5.74) is -1.65. The Labute approximate surface area is 206 Å². The Morgan fingerprint density at radius 1 is 1.14 bits per heavy atom. The highest BCUT2D eigenvalue weighted by Gasteiger charge is 2.37. The number of likely N-dealkylation sites (tertiary alicyclic amines) is 1. The van der Waals surface area contributed by atoms with Gasteiger partial charge in [0, 0.05) is 19.2 Å². The number of benzene rings is 2. The lowest BCUT2D eigenvalue weighted by molar-refractivity contribution is -0.385. The molecule has 36 heavy (non-hydrogen) atoms. The molecule has 0 bridgehead atoms. The predicted octanol–water partition coefficient (Wildman–Crippen LogP) is 5.06. The SMILES string of the molecule is O=C(CN1C(=O)S/C(=C\c2cccc(Oc3ccc(C(F)(F)F)cc3[N+](=O)[O-])c2)C1=O)N1CCCC1. The molecule has 0 aliphatic carbocycles. The minimum absolute atomic E-state index is 0.0649. The maximum atomic E-state index is 12.9. The molecule has 2 aromatic carbocycles. The lowest BCUT2D eigenvalue weighted by Crippen LogP contribution is -2.40. The van der Waals surface area contributed by atoms with Crippen molar-refractivity contribution in [2.24, 2.45) is 0 Å². The average Bonchev–Trinajstić information content (AvgIpc) is 3.44. The number of rotatable bonds is 6. The number of hydrogen-bond acceptors (Lipinski definition) is 7. The number of nitro groups is 1. The van der Waals surface area contributed by atoms with E-state index in [2.05, 4.69) is 0 Å². The number of nitro benzene ring substituents is 1. The second kappa shape index (κ2) is 10.0. The van der Waals surface area contributed by atoms with Crippen molar-refractivity contribution in [3.8, 4) is 11.5 Å². The van der Waals surface area contributed by atoms with Crippen LogP contribution in [0.25, 0.3) is 6.08 Å². The number of ether oxygens (including phenoxy) is 1. The Kier molecular flexibility index (Phi) is 7.02. The zero-order valence-electron chi connectivity index (χ0n) is 18.5. The molecule has 3 amide bonds. The maximum absolute atomic E-state index is 12.9. The molecule has 2 aliphatic heterocycles. The van der Waals surface area contributed by atoms with E-state index in [0.29, 0.717) is 42.5 Å². The number of nitrogens with zero attached hydrogens (tertiary/aromatic N) is 3. The molecule has 0 N–H and O–H groups in total. The van der Waals surface area contributed by atoms with Gasteiger partial charge < -0.3 is 9.64 Å². The predicted molar refractivity (Wildman–Crippen MR) is 123 cm³/mol. The fraction of sp³-hybridized carbons (Fsp3) is 0.261. The zero-order chi connectivity index (χ0) is 26.0. The maximum Gasteiger partial charge on any atom is 0.416 e. The van der Waals surface area contributed by atoms with Gasteiger partial charge in [-0.2, -0.15) is 13.2 Å². The van der Waals surface area contributed by atoms with Crippen LogP contribution in [0.1, 0.15) is 24.0 Å². The van der Waals surface area contributed by atoms with Crippen molar-refractivity contribution in [1.29, 1.82) is 0 Å². The third-order valence-corrected chi connectivity index (χ3v) is 6.40. The molecule has 2 heterocycles. The largest absolute Gasteiger partial charge is 0.450 e. The molecule has 0 aromatic heterocycles. The van der Waals surface area contributed by atoms with Gasteiger partial charge in [0.15, 0.2) is 0 Å². The Morgan fingerprint density at radius 3 is 2.53 bits per heavy atom. The van der Waals surface area contributed by atoms with Gasteiger partial charge in [0.25, 0.3) is 11.1 Å². The van der Waals surface area contributed by atoms with Gasteiger partial charge in [-0.15, -0.1) is 0 Å². The highest BCUT2D eigenvalue weighted by Crippen LogP contribution is 2.38. The molecule has 4 rings (SSSR count). The number of hydrogen-bond donors (Lipinski definition) is 0. The number of amides is 3. The van der Waals surface area contributed by atoms with Gasteiger partial charge in [-0.1, -0.05) is 12.1 Å². The van der Waals surface area contributed by atoms with E-state index in [1.807, 2.05) is 0 Å². The normalized spacial score (nSPS) is 17.2. The van der Waals surface area contributed by atoms with Gasteiger partial charge in [0.05, 0.1) is 15.4 Å². The van der Waals surface area contributed by atoms with Crippen molar-refractivity contribution >= 4 is 40.6 Å². The molecule has 2 aliphatic rings. The van der Waals surface area contributed by atoms with Crippen LogP contribution in [0.3, 0.4) is 0 Å². The van der Waals surface area contributed by atoms with E-state index in [9.17, 15) is 37.7 Å². The van der Waals surface area contributed by atoms with Gasteiger partial charge in [0.2, 0.25) is 11.7 Å². The summed E-state index contributed by atoms with van der Waals surface area (Å²) >= 11 is 0.672. The molecule has 2 aromatic rings. The molecular weight excluding hydrogens is 503 g/mol. The molecule has 9 nitrogen and oxygen atoms in total. The summed E-state index contributed by atoms with van der Waals surface area (Å²) < 4.78 is 44.2. The quantitative estimate of drug-likeness (QED) is 0.297. The van der Waals surface area contributed by atoms with Crippen molar-refractivity contribution in [2.45, 2.75) is 19.0 Å². The topological polar surface area (TPSA) is 110 Å². The van der Waals surface area contributed by atoms with Gasteiger partial charge in [-0.3, -0.25) is 29.4 Å². The van der Waals surface area contributed by atoms with Crippen LogP contribution in [0.5, 0.6) is 11.5 Å². The number of carbonyl (C=O) groups is 3. The van der Waals surface area contributed by atoms with Crippen LogP contribution in [0.4, 0.5) is 23.7 Å². The van der Waals surface area contributed by atoms with Crippen LogP contribution in [0, 0.1) is 10.1 Å². The number of halogens is 3. The van der Waals surface area contributed by atoms with Crippen LogP contribution < -0.4 is 4.74 Å². The fourth-order valence-corrected chi connectivity index (χ4v) is 4.55. The summed E-state index contributed by atoms with van der Waals surface area (Å²) in [6, 6.07) is 7.85. The van der Waals surface area contributed by atoms with Crippen LogP contribution >= 0.6 is 11.8 Å². The standard InChI is InChI=1S/C23H18F3N3O6S/c24-23(25,26)15-6-7-18(17(12-15)29(33)34)35-16-5-3-4-14(10-16)11-19-21(31)28(22(32)36-19)13-20(30)27-8-1-2-9-27/h3-7,10-12H,1-2,8-9,13H2/b19-11-. The molecule has 2 saturated heterocycles.